The number of aromatic hydroxyl groups is 1. The Labute approximate surface area is 119 Å². The third kappa shape index (κ3) is 3.52. The summed E-state index contributed by atoms with van der Waals surface area (Å²) in [5.41, 5.74) is 2.08. The third-order valence-electron chi connectivity index (χ3n) is 3.02. The molecular formula is C17H20O3. The first kappa shape index (κ1) is 14.4. The molecule has 106 valence electrons. The maximum atomic E-state index is 9.40. The van der Waals surface area contributed by atoms with E-state index in [2.05, 4.69) is 0 Å². The van der Waals surface area contributed by atoms with Crippen LogP contribution in [0, 0.1) is 0 Å². The molecule has 1 atom stereocenters. The molecule has 2 aromatic rings. The average Bonchev–Trinajstić information content (AvgIpc) is 2.46. The minimum atomic E-state index is -0.151. The highest BCUT2D eigenvalue weighted by Gasteiger charge is 2.16. The Morgan fingerprint density at radius 2 is 1.35 bits per heavy atom. The van der Waals surface area contributed by atoms with Crippen molar-refractivity contribution in [2.45, 2.75) is 26.1 Å². The van der Waals surface area contributed by atoms with Crippen LogP contribution in [0.2, 0.25) is 0 Å². The molecule has 1 unspecified atom stereocenters. The number of benzene rings is 2. The minimum absolute atomic E-state index is 0.107. The van der Waals surface area contributed by atoms with E-state index >= 15 is 0 Å². The van der Waals surface area contributed by atoms with Crippen molar-refractivity contribution in [3.05, 3.63) is 59.7 Å². The highest BCUT2D eigenvalue weighted by molar-refractivity contribution is 5.36. The number of hydrogen-bond donors (Lipinski definition) is 1. The zero-order valence-corrected chi connectivity index (χ0v) is 12.0. The molecule has 0 aliphatic rings. The predicted octanol–water partition coefficient (Wildman–Crippen LogP) is 3.92. The Hall–Kier alpha value is -2.00. The first-order valence-corrected chi connectivity index (χ1v) is 6.68. The molecule has 0 saturated carbocycles. The second kappa shape index (κ2) is 6.44. The average molecular weight is 272 g/mol. The molecule has 0 radical (unpaired) electrons. The van der Waals surface area contributed by atoms with E-state index in [1.165, 1.54) is 0 Å². The van der Waals surface area contributed by atoms with Gasteiger partial charge in [0.15, 0.2) is 0 Å². The smallest absolute Gasteiger partial charge is 0.118 e. The van der Waals surface area contributed by atoms with Crippen molar-refractivity contribution >= 4 is 0 Å². The van der Waals surface area contributed by atoms with Crippen molar-refractivity contribution in [2.24, 2.45) is 0 Å². The molecular weight excluding hydrogens is 252 g/mol. The molecule has 2 rings (SSSR count). The van der Waals surface area contributed by atoms with E-state index in [1.807, 2.05) is 50.2 Å². The van der Waals surface area contributed by atoms with Gasteiger partial charge in [-0.3, -0.25) is 0 Å². The fourth-order valence-corrected chi connectivity index (χ4v) is 2.05. The molecule has 0 aromatic heterocycles. The fraction of sp³-hybridized carbons (Fsp3) is 0.294. The molecule has 2 aromatic carbocycles. The van der Waals surface area contributed by atoms with Gasteiger partial charge in [0.2, 0.25) is 0 Å². The molecule has 0 fully saturated rings. The second-order valence-corrected chi connectivity index (χ2v) is 4.93. The molecule has 0 amide bonds. The van der Waals surface area contributed by atoms with E-state index in [0.29, 0.717) is 0 Å². The molecule has 0 saturated heterocycles. The maximum Gasteiger partial charge on any atom is 0.118 e. The lowest BCUT2D eigenvalue weighted by Gasteiger charge is -2.21. The zero-order valence-electron chi connectivity index (χ0n) is 12.0. The predicted molar refractivity (Wildman–Crippen MR) is 79.2 cm³/mol. The van der Waals surface area contributed by atoms with Gasteiger partial charge in [0.05, 0.1) is 13.2 Å². The number of methoxy groups -OCH3 is 1. The summed E-state index contributed by atoms with van der Waals surface area (Å²) in [7, 11) is 1.65. The van der Waals surface area contributed by atoms with Crippen LogP contribution in [0.5, 0.6) is 11.5 Å². The number of hydrogen-bond acceptors (Lipinski definition) is 3. The van der Waals surface area contributed by atoms with Crippen LogP contribution in [0.25, 0.3) is 0 Å². The van der Waals surface area contributed by atoms with Crippen LogP contribution in [0.3, 0.4) is 0 Å². The molecule has 0 spiro atoms. The summed E-state index contributed by atoms with van der Waals surface area (Å²) >= 11 is 0. The van der Waals surface area contributed by atoms with Gasteiger partial charge in [-0.25, -0.2) is 0 Å². The molecule has 0 heterocycles. The summed E-state index contributed by atoms with van der Waals surface area (Å²) < 4.78 is 11.2. The summed E-state index contributed by atoms with van der Waals surface area (Å²) in [6.45, 7) is 4.02. The SMILES string of the molecule is COc1ccc(C(OC(C)C)c2ccc(O)cc2)cc1. The van der Waals surface area contributed by atoms with Gasteiger partial charge in [0, 0.05) is 0 Å². The Morgan fingerprint density at radius 1 is 0.850 bits per heavy atom. The Bertz CT molecular complexity index is 529. The van der Waals surface area contributed by atoms with Crippen molar-refractivity contribution in [3.63, 3.8) is 0 Å². The van der Waals surface area contributed by atoms with E-state index in [-0.39, 0.29) is 18.0 Å². The number of phenolic OH excluding ortho intramolecular Hbond substituents is 1. The maximum absolute atomic E-state index is 9.40. The van der Waals surface area contributed by atoms with Crippen LogP contribution < -0.4 is 4.74 Å². The monoisotopic (exact) mass is 272 g/mol. The Balaban J connectivity index is 2.33. The van der Waals surface area contributed by atoms with E-state index in [0.717, 1.165) is 16.9 Å². The topological polar surface area (TPSA) is 38.7 Å². The quantitative estimate of drug-likeness (QED) is 0.896. The highest BCUT2D eigenvalue weighted by Crippen LogP contribution is 2.29. The van der Waals surface area contributed by atoms with E-state index in [9.17, 15) is 5.11 Å². The summed E-state index contributed by atoms with van der Waals surface area (Å²) in [5.74, 6) is 1.08. The summed E-state index contributed by atoms with van der Waals surface area (Å²) in [5, 5.41) is 9.40. The van der Waals surface area contributed by atoms with E-state index < -0.39 is 0 Å². The van der Waals surface area contributed by atoms with Gasteiger partial charge in [-0.1, -0.05) is 24.3 Å². The highest BCUT2D eigenvalue weighted by atomic mass is 16.5. The third-order valence-corrected chi connectivity index (χ3v) is 3.02. The minimum Gasteiger partial charge on any atom is -0.508 e. The van der Waals surface area contributed by atoms with E-state index in [4.69, 9.17) is 9.47 Å². The van der Waals surface area contributed by atoms with Crippen LogP contribution in [0.4, 0.5) is 0 Å². The van der Waals surface area contributed by atoms with E-state index in [1.54, 1.807) is 19.2 Å². The normalized spacial score (nSPS) is 12.4. The Morgan fingerprint density at radius 3 is 1.80 bits per heavy atom. The van der Waals surface area contributed by atoms with Crippen LogP contribution in [0.15, 0.2) is 48.5 Å². The lowest BCUT2D eigenvalue weighted by Crippen LogP contribution is -2.12. The van der Waals surface area contributed by atoms with Crippen LogP contribution >= 0.6 is 0 Å². The second-order valence-electron chi connectivity index (χ2n) is 4.93. The zero-order chi connectivity index (χ0) is 14.5. The lowest BCUT2D eigenvalue weighted by atomic mass is 10.0. The van der Waals surface area contributed by atoms with Crippen molar-refractivity contribution in [3.8, 4) is 11.5 Å². The van der Waals surface area contributed by atoms with Gasteiger partial charge in [-0.05, 0) is 49.2 Å². The largest absolute Gasteiger partial charge is 0.508 e. The van der Waals surface area contributed by atoms with Crippen LogP contribution in [0.1, 0.15) is 31.1 Å². The number of ether oxygens (including phenoxy) is 2. The molecule has 0 aliphatic carbocycles. The molecule has 1 N–H and O–H groups in total. The number of phenols is 1. The first-order valence-electron chi connectivity index (χ1n) is 6.68. The van der Waals surface area contributed by atoms with Crippen molar-refractivity contribution < 1.29 is 14.6 Å². The van der Waals surface area contributed by atoms with Crippen molar-refractivity contribution in [1.29, 1.82) is 0 Å². The van der Waals surface area contributed by atoms with Gasteiger partial charge < -0.3 is 14.6 Å². The summed E-state index contributed by atoms with van der Waals surface area (Å²) in [6.07, 6.45) is -0.0441. The van der Waals surface area contributed by atoms with Crippen LogP contribution in [-0.2, 0) is 4.74 Å². The van der Waals surface area contributed by atoms with Crippen molar-refractivity contribution in [2.75, 3.05) is 7.11 Å². The standard InChI is InChI=1S/C17H20O3/c1-12(2)20-17(13-4-8-15(18)9-5-13)14-6-10-16(19-3)11-7-14/h4-12,17-18H,1-3H3. The van der Waals surface area contributed by atoms with Gasteiger partial charge in [-0.2, -0.15) is 0 Å². The molecule has 3 heteroatoms. The van der Waals surface area contributed by atoms with Gasteiger partial charge in [-0.15, -0.1) is 0 Å². The molecule has 0 bridgehead atoms. The van der Waals surface area contributed by atoms with Gasteiger partial charge >= 0.3 is 0 Å². The Kier molecular flexibility index (Phi) is 4.64. The van der Waals surface area contributed by atoms with Crippen LogP contribution in [-0.4, -0.2) is 18.3 Å². The fourth-order valence-electron chi connectivity index (χ4n) is 2.05. The summed E-state index contributed by atoms with van der Waals surface area (Å²) in [4.78, 5) is 0. The van der Waals surface area contributed by atoms with Gasteiger partial charge in [0.25, 0.3) is 0 Å². The first-order chi connectivity index (χ1) is 9.60. The molecule has 20 heavy (non-hydrogen) atoms. The summed E-state index contributed by atoms with van der Waals surface area (Å²) in [6, 6.07) is 15.0. The molecule has 0 aliphatic heterocycles. The number of rotatable bonds is 5. The van der Waals surface area contributed by atoms with Crippen molar-refractivity contribution in [1.82, 2.24) is 0 Å². The van der Waals surface area contributed by atoms with Gasteiger partial charge in [0.1, 0.15) is 17.6 Å². The lowest BCUT2D eigenvalue weighted by molar-refractivity contribution is 0.0303. The molecule has 3 nitrogen and oxygen atoms in total.